The van der Waals surface area contributed by atoms with E-state index in [0.717, 1.165) is 61.4 Å². The van der Waals surface area contributed by atoms with E-state index in [4.69, 9.17) is 4.42 Å². The van der Waals surface area contributed by atoms with Crippen molar-refractivity contribution in [3.05, 3.63) is 218 Å². The highest BCUT2D eigenvalue weighted by atomic mass is 16.3. The molecule has 0 N–H and O–H groups in total. The van der Waals surface area contributed by atoms with E-state index >= 15 is 0 Å². The Labute approximate surface area is 341 Å². The van der Waals surface area contributed by atoms with Crippen LogP contribution in [0.2, 0.25) is 0 Å². The monoisotopic (exact) mass is 752 g/mol. The van der Waals surface area contributed by atoms with Crippen molar-refractivity contribution >= 4 is 82.4 Å². The number of rotatable bonds is 6. The van der Waals surface area contributed by atoms with Crippen LogP contribution in [0.5, 0.6) is 0 Å². The van der Waals surface area contributed by atoms with Crippen LogP contribution in [-0.4, -0.2) is 4.57 Å². The molecule has 12 aromatic rings. The van der Waals surface area contributed by atoms with Gasteiger partial charge >= 0.3 is 0 Å². The van der Waals surface area contributed by atoms with Crippen molar-refractivity contribution < 1.29 is 4.42 Å². The molecule has 10 aromatic carbocycles. The zero-order chi connectivity index (χ0) is 38.9. The Morgan fingerprint density at radius 1 is 0.356 bits per heavy atom. The van der Waals surface area contributed by atoms with Crippen molar-refractivity contribution in [3.8, 4) is 27.9 Å². The summed E-state index contributed by atoms with van der Waals surface area (Å²) in [4.78, 5) is 2.41. The molecule has 3 nitrogen and oxygen atoms in total. The molecular formula is C56H36N2O. The summed E-state index contributed by atoms with van der Waals surface area (Å²) in [5, 5.41) is 9.70. The first-order chi connectivity index (χ1) is 29.3. The van der Waals surface area contributed by atoms with Gasteiger partial charge in [0, 0.05) is 44.2 Å². The zero-order valence-electron chi connectivity index (χ0n) is 32.1. The summed E-state index contributed by atoms with van der Waals surface area (Å²) in [7, 11) is 0. The summed E-state index contributed by atoms with van der Waals surface area (Å²) < 4.78 is 8.75. The third-order valence-corrected chi connectivity index (χ3v) is 12.0. The lowest BCUT2D eigenvalue weighted by Gasteiger charge is -2.28. The number of fused-ring (bicyclic) bond motifs is 9. The van der Waals surface area contributed by atoms with Crippen molar-refractivity contribution in [1.82, 2.24) is 4.57 Å². The summed E-state index contributed by atoms with van der Waals surface area (Å²) in [5.41, 5.74) is 13.2. The predicted molar refractivity (Wildman–Crippen MR) is 249 cm³/mol. The van der Waals surface area contributed by atoms with E-state index in [1.165, 1.54) is 48.9 Å². The van der Waals surface area contributed by atoms with Gasteiger partial charge in [-0.25, -0.2) is 0 Å². The zero-order valence-corrected chi connectivity index (χ0v) is 32.1. The standard InChI is InChI=1S/C56H36N2O/c1-2-13-44-39(12-1)24-25-40-30-35-43(36-50(40)44)57(51-19-7-5-16-47(51)48-18-11-23-55-56(48)49-17-6-10-22-54(49)59-55)41-31-26-37(27-32-41)38-28-33-42(34-29-38)58-52-20-8-3-14-45(52)46-15-4-9-21-53(46)58/h1-36H. The molecule has 2 heterocycles. The maximum atomic E-state index is 6.38. The highest BCUT2D eigenvalue weighted by molar-refractivity contribution is 6.14. The van der Waals surface area contributed by atoms with E-state index in [1.54, 1.807) is 0 Å². The molecule has 0 aliphatic carbocycles. The van der Waals surface area contributed by atoms with E-state index in [9.17, 15) is 0 Å². The van der Waals surface area contributed by atoms with E-state index in [2.05, 4.69) is 222 Å². The summed E-state index contributed by atoms with van der Waals surface area (Å²) in [5.74, 6) is 0. The van der Waals surface area contributed by atoms with E-state index < -0.39 is 0 Å². The minimum absolute atomic E-state index is 0.885. The van der Waals surface area contributed by atoms with E-state index in [-0.39, 0.29) is 0 Å². The van der Waals surface area contributed by atoms with E-state index in [1.807, 2.05) is 6.07 Å². The lowest BCUT2D eigenvalue weighted by atomic mass is 9.96. The second-order valence-corrected chi connectivity index (χ2v) is 15.3. The fourth-order valence-electron chi connectivity index (χ4n) is 9.26. The normalized spacial score (nSPS) is 11.7. The van der Waals surface area contributed by atoms with Crippen LogP contribution in [0.1, 0.15) is 0 Å². The number of para-hydroxylation sites is 4. The second-order valence-electron chi connectivity index (χ2n) is 15.3. The first kappa shape index (κ1) is 33.3. The van der Waals surface area contributed by atoms with Crippen LogP contribution in [0.25, 0.3) is 93.2 Å². The molecule has 0 unspecified atom stereocenters. The molecule has 0 aliphatic heterocycles. The van der Waals surface area contributed by atoms with Crippen molar-refractivity contribution in [3.63, 3.8) is 0 Å². The molecule has 0 amide bonds. The highest BCUT2D eigenvalue weighted by Crippen LogP contribution is 2.46. The maximum Gasteiger partial charge on any atom is 0.136 e. The predicted octanol–water partition coefficient (Wildman–Crippen LogP) is 15.8. The van der Waals surface area contributed by atoms with Crippen LogP contribution in [0.3, 0.4) is 0 Å². The van der Waals surface area contributed by atoms with Gasteiger partial charge < -0.3 is 13.9 Å². The Morgan fingerprint density at radius 2 is 0.898 bits per heavy atom. The molecule has 0 fully saturated rings. The lowest BCUT2D eigenvalue weighted by Crippen LogP contribution is -2.11. The quantitative estimate of drug-likeness (QED) is 0.158. The van der Waals surface area contributed by atoms with Gasteiger partial charge in [0.15, 0.2) is 0 Å². The van der Waals surface area contributed by atoms with Gasteiger partial charge in [0.1, 0.15) is 11.2 Å². The fourth-order valence-corrected chi connectivity index (χ4v) is 9.26. The molecular weight excluding hydrogens is 717 g/mol. The van der Waals surface area contributed by atoms with E-state index in [0.29, 0.717) is 0 Å². The van der Waals surface area contributed by atoms with Crippen LogP contribution in [0.4, 0.5) is 17.1 Å². The van der Waals surface area contributed by atoms with Crippen molar-refractivity contribution in [2.75, 3.05) is 4.90 Å². The Bertz CT molecular complexity index is 3500. The van der Waals surface area contributed by atoms with Crippen LogP contribution in [0.15, 0.2) is 223 Å². The Hall–Kier alpha value is -7.88. The van der Waals surface area contributed by atoms with Gasteiger partial charge in [0.05, 0.1) is 16.7 Å². The summed E-state index contributed by atoms with van der Waals surface area (Å²) in [6.07, 6.45) is 0. The van der Waals surface area contributed by atoms with Crippen molar-refractivity contribution in [2.24, 2.45) is 0 Å². The number of hydrogen-bond donors (Lipinski definition) is 0. The summed E-state index contributed by atoms with van der Waals surface area (Å²) in [6.45, 7) is 0. The van der Waals surface area contributed by atoms with Crippen LogP contribution in [-0.2, 0) is 0 Å². The largest absolute Gasteiger partial charge is 0.456 e. The summed E-state index contributed by atoms with van der Waals surface area (Å²) in [6, 6.07) is 78.8. The molecule has 0 saturated carbocycles. The first-order valence-electron chi connectivity index (χ1n) is 20.2. The number of aromatic nitrogens is 1. The average molecular weight is 753 g/mol. The smallest absolute Gasteiger partial charge is 0.136 e. The molecule has 276 valence electrons. The number of nitrogens with zero attached hydrogens (tertiary/aromatic N) is 2. The molecule has 2 aromatic heterocycles. The SMILES string of the molecule is c1ccc(N(c2ccc(-c3ccc(-n4c5ccccc5c5ccccc54)cc3)cc2)c2ccc3ccc4ccccc4c3c2)c(-c2cccc3oc4ccccc4c23)c1. The van der Waals surface area contributed by atoms with Gasteiger partial charge in [-0.2, -0.15) is 0 Å². The second kappa shape index (κ2) is 13.4. The van der Waals surface area contributed by atoms with Gasteiger partial charge in [-0.3, -0.25) is 0 Å². The molecule has 59 heavy (non-hydrogen) atoms. The number of hydrogen-bond acceptors (Lipinski definition) is 2. The molecule has 0 saturated heterocycles. The molecule has 0 bridgehead atoms. The third-order valence-electron chi connectivity index (χ3n) is 12.0. The molecule has 3 heteroatoms. The molecule has 0 atom stereocenters. The lowest BCUT2D eigenvalue weighted by molar-refractivity contribution is 0.669. The Balaban J connectivity index is 1.000. The molecule has 12 rings (SSSR count). The third kappa shape index (κ3) is 5.36. The van der Waals surface area contributed by atoms with Gasteiger partial charge in [-0.1, -0.05) is 152 Å². The van der Waals surface area contributed by atoms with Crippen molar-refractivity contribution in [1.29, 1.82) is 0 Å². The Kier molecular flexibility index (Phi) is 7.54. The van der Waals surface area contributed by atoms with Gasteiger partial charge in [0.25, 0.3) is 0 Å². The van der Waals surface area contributed by atoms with Gasteiger partial charge in [-0.05, 0) is 105 Å². The number of furan rings is 1. The maximum absolute atomic E-state index is 6.38. The highest BCUT2D eigenvalue weighted by Gasteiger charge is 2.21. The van der Waals surface area contributed by atoms with Gasteiger partial charge in [0.2, 0.25) is 0 Å². The number of benzene rings is 10. The van der Waals surface area contributed by atoms with Crippen molar-refractivity contribution in [2.45, 2.75) is 0 Å². The minimum atomic E-state index is 0.885. The molecule has 0 spiro atoms. The fraction of sp³-hybridized carbons (Fsp3) is 0. The van der Waals surface area contributed by atoms with Gasteiger partial charge in [-0.15, -0.1) is 0 Å². The molecule has 0 radical (unpaired) electrons. The first-order valence-corrected chi connectivity index (χ1v) is 20.2. The minimum Gasteiger partial charge on any atom is -0.456 e. The average Bonchev–Trinajstić information content (AvgIpc) is 3.86. The molecule has 0 aliphatic rings. The number of anilines is 3. The van der Waals surface area contributed by atoms with Crippen LogP contribution < -0.4 is 4.90 Å². The summed E-state index contributed by atoms with van der Waals surface area (Å²) >= 11 is 0. The topological polar surface area (TPSA) is 21.3 Å². The van der Waals surface area contributed by atoms with Crippen LogP contribution >= 0.6 is 0 Å². The Morgan fingerprint density at radius 3 is 1.66 bits per heavy atom. The van der Waals surface area contributed by atoms with Crippen LogP contribution in [0, 0.1) is 0 Å².